The van der Waals surface area contributed by atoms with Gasteiger partial charge in [-0.2, -0.15) is 0 Å². The average molecular weight is 550 g/mol. The van der Waals surface area contributed by atoms with Crippen LogP contribution in [0.25, 0.3) is 6.08 Å². The normalized spacial score (nSPS) is 13.6. The zero-order chi connectivity index (χ0) is 28.6. The van der Waals surface area contributed by atoms with E-state index in [1.54, 1.807) is 38.1 Å². The van der Waals surface area contributed by atoms with E-state index in [4.69, 9.17) is 4.52 Å². The summed E-state index contributed by atoms with van der Waals surface area (Å²) in [4.78, 5) is 25.4. The number of rotatable bonds is 12. The molecule has 0 fully saturated rings. The van der Waals surface area contributed by atoms with Crippen molar-refractivity contribution in [2.45, 2.75) is 53.0 Å². The summed E-state index contributed by atoms with van der Waals surface area (Å²) in [5.41, 5.74) is 4.50. The van der Waals surface area contributed by atoms with Gasteiger partial charge in [0.25, 0.3) is 13.3 Å². The maximum atomic E-state index is 13.6. The van der Waals surface area contributed by atoms with Crippen LogP contribution < -0.4 is 10.6 Å². The van der Waals surface area contributed by atoms with E-state index in [1.807, 2.05) is 44.2 Å². The van der Waals surface area contributed by atoms with Gasteiger partial charge in [-0.15, -0.1) is 0 Å². The first kappa shape index (κ1) is 29.9. The average Bonchev–Trinajstić information content (AvgIpc) is 2.87. The lowest BCUT2D eigenvalue weighted by Crippen LogP contribution is -2.42. The van der Waals surface area contributed by atoms with Gasteiger partial charge in [0.1, 0.15) is 11.8 Å². The minimum Gasteiger partial charge on any atom is -0.508 e. The first-order valence-electron chi connectivity index (χ1n) is 13.0. The molecule has 39 heavy (non-hydrogen) atoms. The van der Waals surface area contributed by atoms with Crippen LogP contribution in [0.5, 0.6) is 5.75 Å². The number of nitrogens with one attached hydrogen (secondary N) is 1. The molecule has 3 aromatic rings. The zero-order valence-electron chi connectivity index (χ0n) is 22.8. The summed E-state index contributed by atoms with van der Waals surface area (Å²) >= 11 is 0. The van der Waals surface area contributed by atoms with Crippen LogP contribution in [-0.4, -0.2) is 34.7 Å². The molecule has 3 rings (SSSR count). The number of carbonyl (C=O) groups excluding carboxylic acids is 1. The van der Waals surface area contributed by atoms with Crippen molar-refractivity contribution in [3.05, 3.63) is 99.9 Å². The number of benzene rings is 3. The molecule has 0 radical (unpaired) electrons. The maximum Gasteiger partial charge on any atom is 0.326 e. The summed E-state index contributed by atoms with van der Waals surface area (Å²) in [6.07, 6.45) is 3.26. The van der Waals surface area contributed by atoms with Gasteiger partial charge in [0, 0.05) is 23.1 Å². The fourth-order valence-electron chi connectivity index (χ4n) is 4.55. The number of phenolic OH excluding ortho intramolecular Hbond substituents is 1. The predicted molar refractivity (Wildman–Crippen MR) is 155 cm³/mol. The number of hydrogen-bond donors (Lipinski definition) is 3. The topological polar surface area (TPSA) is 113 Å². The van der Waals surface area contributed by atoms with Gasteiger partial charge in [0.05, 0.1) is 6.61 Å². The third-order valence-corrected chi connectivity index (χ3v) is 8.47. The summed E-state index contributed by atoms with van der Waals surface area (Å²) in [6, 6.07) is 16.3. The third kappa shape index (κ3) is 7.92. The molecule has 0 heterocycles. The second kappa shape index (κ2) is 13.4. The van der Waals surface area contributed by atoms with Crippen molar-refractivity contribution in [2.75, 3.05) is 6.61 Å². The van der Waals surface area contributed by atoms with Gasteiger partial charge in [-0.1, -0.05) is 61.4 Å². The molecule has 1 unspecified atom stereocenters. The summed E-state index contributed by atoms with van der Waals surface area (Å²) in [5, 5.41) is 22.8. The van der Waals surface area contributed by atoms with Crippen molar-refractivity contribution in [1.29, 1.82) is 0 Å². The Morgan fingerprint density at radius 3 is 2.44 bits per heavy atom. The van der Waals surface area contributed by atoms with E-state index in [0.29, 0.717) is 22.9 Å². The smallest absolute Gasteiger partial charge is 0.326 e. The number of carboxylic acids is 1. The molecule has 8 heteroatoms. The molecule has 0 aliphatic carbocycles. The molecule has 0 aliphatic heterocycles. The molecule has 0 spiro atoms. The molecular weight excluding hydrogens is 513 g/mol. The first-order valence-corrected chi connectivity index (χ1v) is 14.7. The van der Waals surface area contributed by atoms with Crippen molar-refractivity contribution < 1.29 is 28.9 Å². The lowest BCUT2D eigenvalue weighted by atomic mass is 9.94. The van der Waals surface area contributed by atoms with Gasteiger partial charge in [-0.05, 0) is 73.7 Å². The minimum absolute atomic E-state index is 0.000617. The van der Waals surface area contributed by atoms with Gasteiger partial charge >= 0.3 is 5.97 Å². The largest absolute Gasteiger partial charge is 0.508 e. The van der Waals surface area contributed by atoms with E-state index in [0.717, 1.165) is 28.7 Å². The molecule has 206 valence electrons. The quantitative estimate of drug-likeness (QED) is 0.239. The van der Waals surface area contributed by atoms with Gasteiger partial charge < -0.3 is 20.1 Å². The molecule has 7 nitrogen and oxygen atoms in total. The highest BCUT2D eigenvalue weighted by molar-refractivity contribution is 7.70. The van der Waals surface area contributed by atoms with E-state index in [-0.39, 0.29) is 18.8 Å². The van der Waals surface area contributed by atoms with Gasteiger partial charge in [-0.25, -0.2) is 4.79 Å². The van der Waals surface area contributed by atoms with Gasteiger partial charge in [0.15, 0.2) is 0 Å². The highest BCUT2D eigenvalue weighted by Gasteiger charge is 2.25. The Morgan fingerprint density at radius 2 is 1.79 bits per heavy atom. The molecule has 3 N–H and O–H groups in total. The maximum absolute atomic E-state index is 13.6. The molecule has 0 saturated carbocycles. The molecule has 0 bridgehead atoms. The fraction of sp³-hybridized carbons (Fsp3) is 0.290. The summed E-state index contributed by atoms with van der Waals surface area (Å²) in [6.45, 7) is 7.72. The van der Waals surface area contributed by atoms with Crippen LogP contribution in [0, 0.1) is 13.8 Å². The van der Waals surface area contributed by atoms with Crippen molar-refractivity contribution in [3.8, 4) is 5.75 Å². The summed E-state index contributed by atoms with van der Waals surface area (Å²) in [7, 11) is -3.39. The number of aryl methyl sites for hydroxylation is 3. The zero-order valence-corrected chi connectivity index (χ0v) is 23.7. The van der Waals surface area contributed by atoms with Crippen LogP contribution in [0.1, 0.15) is 58.4 Å². The van der Waals surface area contributed by atoms with Crippen LogP contribution in [0.3, 0.4) is 0 Å². The SMILES string of the molecule is CCCc1cc(/C=C/P(=O)(OCC)c2cccc(O)c2)cc(C)c1C(=O)N[C@@H](Cc1cccc(C)c1)C(=O)O. The molecule has 0 saturated heterocycles. The highest BCUT2D eigenvalue weighted by Crippen LogP contribution is 2.48. The lowest BCUT2D eigenvalue weighted by molar-refractivity contribution is -0.139. The van der Waals surface area contributed by atoms with Crippen molar-refractivity contribution in [1.82, 2.24) is 5.32 Å². The molecule has 2 atom stereocenters. The monoisotopic (exact) mass is 549 g/mol. The Bertz CT molecular complexity index is 1410. The molecule has 0 aliphatic rings. The van der Waals surface area contributed by atoms with E-state index >= 15 is 0 Å². The van der Waals surface area contributed by atoms with E-state index < -0.39 is 25.3 Å². The number of hydrogen-bond acceptors (Lipinski definition) is 5. The Labute approximate surface area is 230 Å². The van der Waals surface area contributed by atoms with Crippen molar-refractivity contribution in [2.24, 2.45) is 0 Å². The van der Waals surface area contributed by atoms with E-state index in [2.05, 4.69) is 5.32 Å². The third-order valence-electron chi connectivity index (χ3n) is 6.29. The predicted octanol–water partition coefficient (Wildman–Crippen LogP) is 6.00. The van der Waals surface area contributed by atoms with Crippen molar-refractivity contribution >= 4 is 30.6 Å². The van der Waals surface area contributed by atoms with Crippen LogP contribution >= 0.6 is 7.37 Å². The Balaban J connectivity index is 1.92. The first-order chi connectivity index (χ1) is 18.6. The Morgan fingerprint density at radius 1 is 1.05 bits per heavy atom. The van der Waals surface area contributed by atoms with Crippen LogP contribution in [-0.2, 0) is 26.7 Å². The van der Waals surface area contributed by atoms with Gasteiger partial charge in [0.2, 0.25) is 0 Å². The molecule has 0 aromatic heterocycles. The fourth-order valence-corrected chi connectivity index (χ4v) is 6.32. The number of carboxylic acid groups (broad SMARTS) is 1. The second-order valence-electron chi connectivity index (χ2n) is 9.53. The summed E-state index contributed by atoms with van der Waals surface area (Å²) < 4.78 is 19.2. The van der Waals surface area contributed by atoms with Crippen molar-refractivity contribution in [3.63, 3.8) is 0 Å². The van der Waals surface area contributed by atoms with Crippen LogP contribution in [0.4, 0.5) is 0 Å². The number of amides is 1. The minimum atomic E-state index is -3.39. The number of aliphatic carboxylic acids is 1. The van der Waals surface area contributed by atoms with Crippen LogP contribution in [0.15, 0.2) is 66.5 Å². The highest BCUT2D eigenvalue weighted by atomic mass is 31.2. The molecular formula is C31H36NO6P. The summed E-state index contributed by atoms with van der Waals surface area (Å²) in [5.74, 6) is -0.0268. The Kier molecular flexibility index (Phi) is 10.3. The van der Waals surface area contributed by atoms with Crippen LogP contribution in [0.2, 0.25) is 0 Å². The number of carbonyl (C=O) groups is 2. The molecule has 1 amide bonds. The number of phenols is 1. The second-order valence-corrected chi connectivity index (χ2v) is 11.8. The number of aromatic hydroxyl groups is 1. The standard InChI is InChI=1S/C31H36NO6P/c1-5-9-25-18-24(14-15-39(37,38-6-2)27-13-8-12-26(33)20-27)17-22(4)29(25)30(34)32-28(31(35)36)19-23-11-7-10-21(3)16-23/h7-8,10-18,20,28,33H,5-6,9,19H2,1-4H3,(H,32,34)(H,35,36)/b15-14+/t28-,39?/m0/s1. The lowest BCUT2D eigenvalue weighted by Gasteiger charge is -2.19. The Hall–Kier alpha value is -3.67. The van der Waals surface area contributed by atoms with Gasteiger partial charge in [-0.3, -0.25) is 9.36 Å². The van der Waals surface area contributed by atoms with E-state index in [1.165, 1.54) is 17.9 Å². The molecule has 3 aromatic carbocycles. The van der Waals surface area contributed by atoms with E-state index in [9.17, 15) is 24.4 Å².